The van der Waals surface area contributed by atoms with Gasteiger partial charge in [0.1, 0.15) is 16.5 Å². The molecular formula is C28H26F7N3O5S2. The van der Waals surface area contributed by atoms with E-state index in [0.717, 1.165) is 31.1 Å². The number of thiophene rings is 1. The lowest BCUT2D eigenvalue weighted by Crippen LogP contribution is -2.29. The molecular weight excluding hydrogens is 655 g/mol. The number of nitrogens with one attached hydrogen (secondary N) is 3. The topological polar surface area (TPSA) is 106 Å². The fourth-order valence-corrected chi connectivity index (χ4v) is 6.73. The maximum atomic E-state index is 14.8. The van der Waals surface area contributed by atoms with E-state index < -0.39 is 70.0 Å². The maximum Gasteiger partial charge on any atom is 0.422 e. The summed E-state index contributed by atoms with van der Waals surface area (Å²) in [5.41, 5.74) is 0.191. The van der Waals surface area contributed by atoms with Crippen LogP contribution in [0.3, 0.4) is 0 Å². The van der Waals surface area contributed by atoms with E-state index >= 15 is 0 Å². The molecule has 0 radical (unpaired) electrons. The maximum absolute atomic E-state index is 14.8. The van der Waals surface area contributed by atoms with Gasteiger partial charge in [0.05, 0.1) is 33.9 Å². The number of carbonyl (C=O) groups excluding carboxylic acids is 1. The lowest BCUT2D eigenvalue weighted by molar-refractivity contribution is -0.153. The predicted octanol–water partition coefficient (Wildman–Crippen LogP) is 5.97. The van der Waals surface area contributed by atoms with Gasteiger partial charge in [0.2, 0.25) is 5.91 Å². The van der Waals surface area contributed by atoms with Crippen LogP contribution in [0.15, 0.2) is 35.2 Å². The van der Waals surface area contributed by atoms with Gasteiger partial charge in [-0.3, -0.25) is 4.79 Å². The summed E-state index contributed by atoms with van der Waals surface area (Å²) < 4.78 is 131. The van der Waals surface area contributed by atoms with Crippen LogP contribution >= 0.6 is 11.3 Å². The zero-order chi connectivity index (χ0) is 33.0. The number of alkyl halides is 6. The van der Waals surface area contributed by atoms with Crippen molar-refractivity contribution in [2.24, 2.45) is 0 Å². The van der Waals surface area contributed by atoms with Crippen LogP contribution in [0.5, 0.6) is 5.75 Å². The summed E-state index contributed by atoms with van der Waals surface area (Å²) in [7, 11) is -4.78. The second-order valence-electron chi connectivity index (χ2n) is 9.91. The first-order chi connectivity index (χ1) is 21.0. The van der Waals surface area contributed by atoms with Crippen LogP contribution in [0.1, 0.15) is 30.2 Å². The van der Waals surface area contributed by atoms with Crippen molar-refractivity contribution in [2.75, 3.05) is 37.0 Å². The molecule has 3 N–H and O–H groups in total. The van der Waals surface area contributed by atoms with Crippen molar-refractivity contribution in [3.63, 3.8) is 0 Å². The Morgan fingerprint density at radius 3 is 2.44 bits per heavy atom. The van der Waals surface area contributed by atoms with Crippen LogP contribution in [-0.2, 0) is 26.0 Å². The van der Waals surface area contributed by atoms with Gasteiger partial charge >= 0.3 is 12.4 Å². The Kier molecular flexibility index (Phi) is 10.4. The van der Waals surface area contributed by atoms with Gasteiger partial charge in [0, 0.05) is 38.3 Å². The molecule has 8 nitrogen and oxygen atoms in total. The molecule has 0 bridgehead atoms. The zero-order valence-corrected chi connectivity index (χ0v) is 25.1. The Balaban J connectivity index is 1.64. The van der Waals surface area contributed by atoms with Gasteiger partial charge in [-0.2, -0.15) is 26.3 Å². The highest BCUT2D eigenvalue weighted by atomic mass is 32.2. The van der Waals surface area contributed by atoms with E-state index in [1.165, 1.54) is 4.72 Å². The zero-order valence-electron chi connectivity index (χ0n) is 23.4. The molecule has 244 valence electrons. The SMILES string of the molecule is CC(=O)NS(=O)(=O)c1cc(OCC(F)(F)F)c(NCC#Cc2sc3c(NC4CCOCC4)cccc3c2CC(F)(F)F)cc1F. The molecule has 1 aromatic heterocycles. The van der Waals surface area contributed by atoms with Crippen molar-refractivity contribution < 1.29 is 53.4 Å². The van der Waals surface area contributed by atoms with Gasteiger partial charge in [-0.15, -0.1) is 11.3 Å². The molecule has 0 unspecified atom stereocenters. The van der Waals surface area contributed by atoms with Gasteiger partial charge in [-0.05, 0) is 29.9 Å². The predicted molar refractivity (Wildman–Crippen MR) is 153 cm³/mol. The number of halogens is 7. The summed E-state index contributed by atoms with van der Waals surface area (Å²) in [6, 6.07) is 6.06. The molecule has 2 heterocycles. The van der Waals surface area contributed by atoms with Crippen molar-refractivity contribution in [3.05, 3.63) is 46.6 Å². The van der Waals surface area contributed by atoms with Crippen molar-refractivity contribution in [1.29, 1.82) is 0 Å². The highest BCUT2D eigenvalue weighted by molar-refractivity contribution is 7.90. The molecule has 0 atom stereocenters. The van der Waals surface area contributed by atoms with Gasteiger partial charge in [0.15, 0.2) is 6.61 Å². The summed E-state index contributed by atoms with van der Waals surface area (Å²) in [6.45, 7) is -0.299. The number of hydrogen-bond acceptors (Lipinski definition) is 8. The fourth-order valence-electron chi connectivity index (χ4n) is 4.49. The Bertz CT molecular complexity index is 1720. The number of rotatable bonds is 9. The third kappa shape index (κ3) is 9.38. The molecule has 1 aliphatic heterocycles. The standard InChI is InChI=1S/C28H26F7N3O5S2/c1-16(39)38-45(40,41)25-13-23(43-15-28(33,34)35)22(12-20(25)29)36-9-3-6-24-19(14-27(30,31)32)18-4-2-5-21(26(18)44-24)37-17-7-10-42-11-8-17/h2,4-5,12-13,17,36-37H,7-11,14-15H2,1H3,(H,38,39). The lowest BCUT2D eigenvalue weighted by Gasteiger charge is -2.24. The Hall–Kier alpha value is -3.75. The van der Waals surface area contributed by atoms with E-state index in [1.54, 1.807) is 18.2 Å². The molecule has 0 spiro atoms. The number of hydrogen-bond donors (Lipinski definition) is 3. The first-order valence-corrected chi connectivity index (χ1v) is 15.6. The van der Waals surface area contributed by atoms with E-state index in [2.05, 4.69) is 27.2 Å². The smallest absolute Gasteiger partial charge is 0.422 e. The number of carbonyl (C=O) groups is 1. The highest BCUT2D eigenvalue weighted by Crippen LogP contribution is 2.39. The van der Waals surface area contributed by atoms with Gasteiger partial charge < -0.3 is 20.1 Å². The molecule has 1 fully saturated rings. The van der Waals surface area contributed by atoms with Crippen molar-refractivity contribution in [3.8, 4) is 17.6 Å². The summed E-state index contributed by atoms with van der Waals surface area (Å²) in [5, 5.41) is 6.25. The first-order valence-electron chi connectivity index (χ1n) is 13.3. The van der Waals surface area contributed by atoms with Crippen LogP contribution in [0.2, 0.25) is 0 Å². The van der Waals surface area contributed by atoms with Crippen molar-refractivity contribution in [1.82, 2.24) is 4.72 Å². The van der Waals surface area contributed by atoms with Gasteiger partial charge in [0.25, 0.3) is 10.0 Å². The number of sulfonamides is 1. The second-order valence-corrected chi connectivity index (χ2v) is 12.6. The molecule has 1 amide bonds. The molecule has 1 saturated heterocycles. The molecule has 4 rings (SSSR count). The van der Waals surface area contributed by atoms with Crippen molar-refractivity contribution >= 4 is 48.7 Å². The summed E-state index contributed by atoms with van der Waals surface area (Å²) in [6.07, 6.45) is -9.18. The summed E-state index contributed by atoms with van der Waals surface area (Å²) in [5.74, 6) is 2.07. The summed E-state index contributed by atoms with van der Waals surface area (Å²) >= 11 is 1.05. The van der Waals surface area contributed by atoms with E-state index in [1.807, 2.05) is 0 Å². The number of fused-ring (bicyclic) bond motifs is 1. The minimum absolute atomic E-state index is 0.0431. The number of benzene rings is 2. The second kappa shape index (κ2) is 13.7. The third-order valence-corrected chi connectivity index (χ3v) is 8.98. The monoisotopic (exact) mass is 681 g/mol. The van der Waals surface area contributed by atoms with Crippen LogP contribution in [0.25, 0.3) is 10.1 Å². The highest BCUT2D eigenvalue weighted by Gasteiger charge is 2.32. The average Bonchev–Trinajstić information content (AvgIpc) is 3.26. The minimum atomic E-state index is -4.84. The molecule has 45 heavy (non-hydrogen) atoms. The number of ether oxygens (including phenoxy) is 2. The summed E-state index contributed by atoms with van der Waals surface area (Å²) in [4.78, 5) is 10.2. The van der Waals surface area contributed by atoms with E-state index in [-0.39, 0.29) is 16.5 Å². The Morgan fingerprint density at radius 2 is 1.80 bits per heavy atom. The lowest BCUT2D eigenvalue weighted by atomic mass is 10.1. The molecule has 1 aliphatic rings. The third-order valence-electron chi connectivity index (χ3n) is 6.34. The van der Waals surface area contributed by atoms with Crippen LogP contribution in [0.4, 0.5) is 42.1 Å². The average molecular weight is 682 g/mol. The quantitative estimate of drug-likeness (QED) is 0.189. The first kappa shape index (κ1) is 34.1. The minimum Gasteiger partial charge on any atom is -0.482 e. The van der Waals surface area contributed by atoms with Crippen LogP contribution in [-0.4, -0.2) is 59.1 Å². The molecule has 17 heteroatoms. The largest absolute Gasteiger partial charge is 0.482 e. The number of amides is 1. The van der Waals surface area contributed by atoms with Crippen molar-refractivity contribution in [2.45, 2.75) is 49.5 Å². The van der Waals surface area contributed by atoms with Crippen LogP contribution < -0.4 is 20.1 Å². The molecule has 3 aromatic rings. The van der Waals surface area contributed by atoms with Crippen LogP contribution in [0, 0.1) is 17.7 Å². The fraction of sp³-hybridized carbons (Fsp3) is 0.393. The molecule has 0 saturated carbocycles. The van der Waals surface area contributed by atoms with E-state index in [4.69, 9.17) is 4.74 Å². The molecule has 2 aromatic carbocycles. The Labute approximate surface area is 257 Å². The number of anilines is 2. The normalized spacial score (nSPS) is 14.5. The van der Waals surface area contributed by atoms with Gasteiger partial charge in [-0.1, -0.05) is 24.0 Å². The Morgan fingerprint density at radius 1 is 1.09 bits per heavy atom. The van der Waals surface area contributed by atoms with E-state index in [9.17, 15) is 43.9 Å². The molecule has 0 aliphatic carbocycles. The van der Waals surface area contributed by atoms with Gasteiger partial charge in [-0.25, -0.2) is 17.5 Å². The van der Waals surface area contributed by atoms with E-state index in [0.29, 0.717) is 41.1 Å².